The van der Waals surface area contributed by atoms with Crippen LogP contribution in [0.4, 0.5) is 0 Å². The molecule has 0 spiro atoms. The molecule has 1 saturated heterocycles. The second-order valence-corrected chi connectivity index (χ2v) is 3.37. The minimum absolute atomic E-state index is 0.304. The van der Waals surface area contributed by atoms with Gasteiger partial charge in [0.1, 0.15) is 6.10 Å². The van der Waals surface area contributed by atoms with Gasteiger partial charge in [0.25, 0.3) is 0 Å². The van der Waals surface area contributed by atoms with E-state index in [0.29, 0.717) is 45.6 Å². The highest BCUT2D eigenvalue weighted by atomic mass is 16.6. The lowest BCUT2D eigenvalue weighted by Gasteiger charge is -2.05. The molecule has 0 aliphatic carbocycles. The van der Waals surface area contributed by atoms with Gasteiger partial charge in [-0.1, -0.05) is 6.58 Å². The number of epoxide rings is 1. The van der Waals surface area contributed by atoms with Crippen molar-refractivity contribution in [3.63, 3.8) is 0 Å². The summed E-state index contributed by atoms with van der Waals surface area (Å²) < 4.78 is 20.3. The van der Waals surface area contributed by atoms with Gasteiger partial charge in [-0.05, 0) is 0 Å². The molecule has 1 unspecified atom stereocenters. The van der Waals surface area contributed by atoms with Gasteiger partial charge >= 0.3 is 5.97 Å². The second kappa shape index (κ2) is 8.27. The maximum absolute atomic E-state index is 10.6. The molecule has 0 aromatic rings. The fourth-order valence-electron chi connectivity index (χ4n) is 0.992. The minimum Gasteiger partial charge on any atom is -0.462 e. The number of ether oxygens (including phenoxy) is 4. The van der Waals surface area contributed by atoms with E-state index in [1.807, 2.05) is 0 Å². The van der Waals surface area contributed by atoms with Gasteiger partial charge in [-0.2, -0.15) is 0 Å². The minimum atomic E-state index is -0.396. The summed E-state index contributed by atoms with van der Waals surface area (Å²) in [6.45, 7) is 6.82. The van der Waals surface area contributed by atoms with Crippen LogP contribution in [-0.4, -0.2) is 51.7 Å². The van der Waals surface area contributed by atoms with Gasteiger partial charge in [-0.3, -0.25) is 0 Å². The molecule has 92 valence electrons. The van der Waals surface area contributed by atoms with Gasteiger partial charge in [0, 0.05) is 19.1 Å². The van der Waals surface area contributed by atoms with Crippen molar-refractivity contribution < 1.29 is 23.7 Å². The standard InChI is InChI=1S/C11H18O5/c1-2-11(12)15-5-3-4-13-6-7-14-8-10-9-16-10/h2,10H,1,3-9H2. The smallest absolute Gasteiger partial charge is 0.330 e. The molecule has 0 radical (unpaired) electrons. The van der Waals surface area contributed by atoms with Crippen molar-refractivity contribution in [2.45, 2.75) is 12.5 Å². The largest absolute Gasteiger partial charge is 0.462 e. The predicted molar refractivity (Wildman–Crippen MR) is 57.2 cm³/mol. The third-order valence-electron chi connectivity index (χ3n) is 1.92. The second-order valence-electron chi connectivity index (χ2n) is 3.37. The van der Waals surface area contributed by atoms with Gasteiger partial charge in [-0.25, -0.2) is 4.79 Å². The molecule has 5 heteroatoms. The Morgan fingerprint density at radius 3 is 2.75 bits per heavy atom. The summed E-state index contributed by atoms with van der Waals surface area (Å²) in [7, 11) is 0. The van der Waals surface area contributed by atoms with Crippen LogP contribution in [0.5, 0.6) is 0 Å². The van der Waals surface area contributed by atoms with Gasteiger partial charge in [0.2, 0.25) is 0 Å². The first-order valence-electron chi connectivity index (χ1n) is 5.39. The molecule has 5 nitrogen and oxygen atoms in total. The van der Waals surface area contributed by atoms with E-state index in [9.17, 15) is 4.79 Å². The van der Waals surface area contributed by atoms with Crippen LogP contribution in [-0.2, 0) is 23.7 Å². The summed E-state index contributed by atoms with van der Waals surface area (Å²) in [5.41, 5.74) is 0. The summed E-state index contributed by atoms with van der Waals surface area (Å²) in [5, 5.41) is 0. The molecule has 1 aliphatic heterocycles. The van der Waals surface area contributed by atoms with E-state index >= 15 is 0 Å². The van der Waals surface area contributed by atoms with Crippen LogP contribution in [0.1, 0.15) is 6.42 Å². The summed E-state index contributed by atoms with van der Waals surface area (Å²) in [6, 6.07) is 0. The van der Waals surface area contributed by atoms with Gasteiger partial charge in [-0.15, -0.1) is 0 Å². The zero-order valence-electron chi connectivity index (χ0n) is 9.35. The van der Waals surface area contributed by atoms with Crippen molar-refractivity contribution in [3.05, 3.63) is 12.7 Å². The molecular formula is C11H18O5. The Labute approximate surface area is 95.3 Å². The molecule has 1 heterocycles. The van der Waals surface area contributed by atoms with Crippen LogP contribution in [0.2, 0.25) is 0 Å². The lowest BCUT2D eigenvalue weighted by Crippen LogP contribution is -2.10. The van der Waals surface area contributed by atoms with Crippen LogP contribution < -0.4 is 0 Å². The zero-order chi connectivity index (χ0) is 11.6. The van der Waals surface area contributed by atoms with Crippen molar-refractivity contribution in [1.82, 2.24) is 0 Å². The molecular weight excluding hydrogens is 212 g/mol. The number of carbonyl (C=O) groups excluding carboxylic acids is 1. The van der Waals surface area contributed by atoms with E-state index in [2.05, 4.69) is 6.58 Å². The third-order valence-corrected chi connectivity index (χ3v) is 1.92. The Hall–Kier alpha value is -0.910. The first kappa shape index (κ1) is 13.2. The lowest BCUT2D eigenvalue weighted by atomic mass is 10.5. The molecule has 0 aromatic heterocycles. The first-order chi connectivity index (χ1) is 7.83. The van der Waals surface area contributed by atoms with E-state index in [-0.39, 0.29) is 0 Å². The van der Waals surface area contributed by atoms with Gasteiger partial charge in [0.05, 0.1) is 33.0 Å². The molecule has 16 heavy (non-hydrogen) atoms. The monoisotopic (exact) mass is 230 g/mol. The number of carbonyl (C=O) groups is 1. The van der Waals surface area contributed by atoms with Crippen LogP contribution in [0, 0.1) is 0 Å². The topological polar surface area (TPSA) is 57.3 Å². The van der Waals surface area contributed by atoms with Crippen molar-refractivity contribution in [1.29, 1.82) is 0 Å². The Morgan fingerprint density at radius 2 is 2.06 bits per heavy atom. The Kier molecular flexibility index (Phi) is 6.80. The average molecular weight is 230 g/mol. The van der Waals surface area contributed by atoms with Crippen LogP contribution >= 0.6 is 0 Å². The van der Waals surface area contributed by atoms with Crippen molar-refractivity contribution in [2.75, 3.05) is 39.6 Å². The molecule has 0 aromatic carbocycles. The molecule has 1 aliphatic rings. The summed E-state index contributed by atoms with van der Waals surface area (Å²) in [4.78, 5) is 10.6. The van der Waals surface area contributed by atoms with Crippen molar-refractivity contribution in [3.8, 4) is 0 Å². The normalized spacial score (nSPS) is 18.1. The maximum atomic E-state index is 10.6. The van der Waals surface area contributed by atoms with Gasteiger partial charge < -0.3 is 18.9 Å². The first-order valence-corrected chi connectivity index (χ1v) is 5.39. The van der Waals surface area contributed by atoms with E-state index < -0.39 is 5.97 Å². The number of hydrogen-bond donors (Lipinski definition) is 0. The van der Waals surface area contributed by atoms with E-state index in [1.54, 1.807) is 0 Å². The molecule has 1 fully saturated rings. The van der Waals surface area contributed by atoms with Crippen molar-refractivity contribution in [2.24, 2.45) is 0 Å². The summed E-state index contributed by atoms with van der Waals surface area (Å²) in [6.07, 6.45) is 2.14. The maximum Gasteiger partial charge on any atom is 0.330 e. The summed E-state index contributed by atoms with van der Waals surface area (Å²) >= 11 is 0. The lowest BCUT2D eigenvalue weighted by molar-refractivity contribution is -0.138. The average Bonchev–Trinajstić information content (AvgIpc) is 3.10. The quantitative estimate of drug-likeness (QED) is 0.237. The summed E-state index contributed by atoms with van der Waals surface area (Å²) in [5.74, 6) is -0.396. The van der Waals surface area contributed by atoms with E-state index in [4.69, 9.17) is 18.9 Å². The molecule has 1 rings (SSSR count). The highest BCUT2D eigenvalue weighted by Gasteiger charge is 2.21. The Morgan fingerprint density at radius 1 is 1.31 bits per heavy atom. The Balaban J connectivity index is 1.70. The number of esters is 1. The molecule has 0 saturated carbocycles. The SMILES string of the molecule is C=CC(=O)OCCCOCCOCC1CO1. The van der Waals surface area contributed by atoms with Crippen LogP contribution in [0.25, 0.3) is 0 Å². The van der Waals surface area contributed by atoms with Crippen molar-refractivity contribution >= 4 is 5.97 Å². The zero-order valence-corrected chi connectivity index (χ0v) is 9.35. The van der Waals surface area contributed by atoms with Gasteiger partial charge in [0.15, 0.2) is 0 Å². The molecule has 0 bridgehead atoms. The van der Waals surface area contributed by atoms with E-state index in [1.165, 1.54) is 0 Å². The molecule has 0 amide bonds. The van der Waals surface area contributed by atoms with Crippen LogP contribution in [0.3, 0.4) is 0 Å². The van der Waals surface area contributed by atoms with Crippen LogP contribution in [0.15, 0.2) is 12.7 Å². The Bertz CT molecular complexity index is 212. The third kappa shape index (κ3) is 7.39. The molecule has 1 atom stereocenters. The molecule has 0 N–H and O–H groups in total. The predicted octanol–water partition coefficient (Wildman–Crippen LogP) is 0.538. The van der Waals surface area contributed by atoms with E-state index in [0.717, 1.165) is 12.7 Å². The fourth-order valence-corrected chi connectivity index (χ4v) is 0.992. The highest BCUT2D eigenvalue weighted by Crippen LogP contribution is 2.07. The number of hydrogen-bond acceptors (Lipinski definition) is 5. The highest BCUT2D eigenvalue weighted by molar-refractivity contribution is 5.81. The number of rotatable bonds is 10. The fraction of sp³-hybridized carbons (Fsp3) is 0.727.